The third kappa shape index (κ3) is 7.16. The van der Waals surface area contributed by atoms with Gasteiger partial charge in [-0.25, -0.2) is 4.79 Å². The standard InChI is InChI=1S/C22H34F4N2O3S2/c1-3-15-9-16-11-17(10-15)13-20(2,12-16)14-31-19(30)22(25,26)33-27-32-21(23,24)18(29)28-7-5-4-6-8-28/h15-17,27H,3-14H2,1-2H3. The molecule has 0 aromatic carbocycles. The van der Waals surface area contributed by atoms with Crippen molar-refractivity contribution in [3.63, 3.8) is 0 Å². The molecule has 33 heavy (non-hydrogen) atoms. The topological polar surface area (TPSA) is 58.6 Å². The van der Waals surface area contributed by atoms with Gasteiger partial charge in [-0.2, -0.15) is 21.7 Å². The largest absolute Gasteiger partial charge is 0.460 e. The number of carbonyl (C=O) groups excluding carboxylic acids is 2. The Kier molecular flexibility index (Phi) is 8.92. The predicted octanol–water partition coefficient (Wildman–Crippen LogP) is 5.86. The smallest absolute Gasteiger partial charge is 0.402 e. The molecule has 2 unspecified atom stereocenters. The first-order valence-electron chi connectivity index (χ1n) is 11.8. The predicted molar refractivity (Wildman–Crippen MR) is 122 cm³/mol. The number of halogens is 4. The van der Waals surface area contributed by atoms with Crippen LogP contribution in [0.2, 0.25) is 0 Å². The van der Waals surface area contributed by atoms with Crippen molar-refractivity contribution in [2.24, 2.45) is 23.2 Å². The molecule has 1 amide bonds. The summed E-state index contributed by atoms with van der Waals surface area (Å²) in [6, 6.07) is 0. The molecular formula is C22H34F4N2O3S2. The van der Waals surface area contributed by atoms with Crippen LogP contribution in [0.25, 0.3) is 0 Å². The van der Waals surface area contributed by atoms with E-state index in [9.17, 15) is 27.2 Å². The monoisotopic (exact) mass is 514 g/mol. The zero-order valence-corrected chi connectivity index (χ0v) is 20.9. The number of hydrogen-bond donors (Lipinski definition) is 1. The van der Waals surface area contributed by atoms with Gasteiger partial charge in [0.1, 0.15) is 0 Å². The van der Waals surface area contributed by atoms with E-state index in [-0.39, 0.29) is 25.1 Å². The van der Waals surface area contributed by atoms with Crippen LogP contribution in [-0.2, 0) is 14.3 Å². The Morgan fingerprint density at radius 3 is 2.15 bits per heavy atom. The fourth-order valence-electron chi connectivity index (χ4n) is 5.78. The number of alkyl halides is 4. The van der Waals surface area contributed by atoms with Gasteiger partial charge in [-0.15, -0.1) is 0 Å². The number of fused-ring (bicyclic) bond motifs is 2. The number of piperidine rings is 1. The molecule has 5 nitrogen and oxygen atoms in total. The maximum Gasteiger partial charge on any atom is 0.402 e. The average Bonchev–Trinajstić information content (AvgIpc) is 2.76. The van der Waals surface area contributed by atoms with Crippen LogP contribution in [-0.4, -0.2) is 47.0 Å². The average molecular weight is 515 g/mol. The zero-order valence-electron chi connectivity index (χ0n) is 19.2. The van der Waals surface area contributed by atoms with Crippen LogP contribution >= 0.6 is 23.9 Å². The summed E-state index contributed by atoms with van der Waals surface area (Å²) in [5.41, 5.74) is -0.348. The summed E-state index contributed by atoms with van der Waals surface area (Å²) in [6.07, 6.45) is 8.38. The summed E-state index contributed by atoms with van der Waals surface area (Å²) in [6.45, 7) is 4.51. The molecule has 0 spiro atoms. The van der Waals surface area contributed by atoms with Crippen LogP contribution in [0.1, 0.15) is 71.6 Å². The second kappa shape index (κ2) is 10.9. The van der Waals surface area contributed by atoms with Crippen molar-refractivity contribution >= 4 is 35.8 Å². The molecule has 3 rings (SSSR count). The van der Waals surface area contributed by atoms with Gasteiger partial charge in [0, 0.05) is 42.4 Å². The number of carbonyl (C=O) groups is 2. The highest BCUT2D eigenvalue weighted by atomic mass is 32.2. The number of nitrogens with one attached hydrogen (secondary N) is 1. The molecule has 11 heteroatoms. The van der Waals surface area contributed by atoms with Crippen molar-refractivity contribution in [3.8, 4) is 0 Å². The van der Waals surface area contributed by atoms with Crippen LogP contribution < -0.4 is 4.13 Å². The summed E-state index contributed by atoms with van der Waals surface area (Å²) in [4.78, 5) is 25.0. The molecule has 0 aromatic rings. The number of amides is 1. The van der Waals surface area contributed by atoms with E-state index in [1.807, 2.05) is 6.92 Å². The highest BCUT2D eigenvalue weighted by Crippen LogP contribution is 2.51. The van der Waals surface area contributed by atoms with Crippen LogP contribution in [0.5, 0.6) is 0 Å². The summed E-state index contributed by atoms with van der Waals surface area (Å²) in [5.74, 6) is -1.40. The third-order valence-electron chi connectivity index (χ3n) is 7.16. The lowest BCUT2D eigenvalue weighted by molar-refractivity contribution is -0.165. The Morgan fingerprint density at radius 1 is 1.00 bits per heavy atom. The fraction of sp³-hybridized carbons (Fsp3) is 0.909. The first-order valence-corrected chi connectivity index (χ1v) is 13.4. The Balaban J connectivity index is 1.44. The van der Waals surface area contributed by atoms with Gasteiger partial charge < -0.3 is 9.64 Å². The van der Waals surface area contributed by atoms with E-state index in [0.717, 1.165) is 49.8 Å². The lowest BCUT2D eigenvalue weighted by Gasteiger charge is -2.47. The van der Waals surface area contributed by atoms with Gasteiger partial charge in [0.05, 0.1) is 6.61 Å². The van der Waals surface area contributed by atoms with E-state index in [1.165, 1.54) is 0 Å². The van der Waals surface area contributed by atoms with E-state index in [2.05, 4.69) is 6.92 Å². The number of likely N-dealkylation sites (tertiary alicyclic amines) is 1. The second-order valence-electron chi connectivity index (χ2n) is 10.2. The second-order valence-corrected chi connectivity index (χ2v) is 12.3. The van der Waals surface area contributed by atoms with Crippen molar-refractivity contribution in [1.29, 1.82) is 0 Å². The van der Waals surface area contributed by atoms with Gasteiger partial charge in [0.2, 0.25) is 0 Å². The van der Waals surface area contributed by atoms with E-state index >= 15 is 0 Å². The molecular weight excluding hydrogens is 480 g/mol. The minimum Gasteiger partial charge on any atom is -0.460 e. The van der Waals surface area contributed by atoms with E-state index < -0.39 is 46.3 Å². The fourth-order valence-corrected chi connectivity index (χ4v) is 7.14. The number of ether oxygens (including phenoxy) is 1. The normalized spacial score (nSPS) is 30.7. The number of nitrogens with zero attached hydrogens (tertiary/aromatic N) is 1. The van der Waals surface area contributed by atoms with E-state index in [4.69, 9.17) is 4.74 Å². The molecule has 190 valence electrons. The Hall–Kier alpha value is -0.680. The first-order chi connectivity index (χ1) is 15.4. The Labute approximate surface area is 201 Å². The summed E-state index contributed by atoms with van der Waals surface area (Å²) < 4.78 is 63.4. The molecule has 1 aliphatic heterocycles. The van der Waals surface area contributed by atoms with Crippen LogP contribution in [0.3, 0.4) is 0 Å². The highest BCUT2D eigenvalue weighted by molar-refractivity contribution is 8.14. The van der Waals surface area contributed by atoms with Gasteiger partial charge in [-0.3, -0.25) is 4.79 Å². The first kappa shape index (κ1) is 26.9. The molecule has 2 atom stereocenters. The van der Waals surface area contributed by atoms with Crippen molar-refractivity contribution in [3.05, 3.63) is 0 Å². The molecule has 3 aliphatic rings. The van der Waals surface area contributed by atoms with Crippen molar-refractivity contribution in [2.75, 3.05) is 19.7 Å². The Bertz CT molecular complexity index is 693. The maximum absolute atomic E-state index is 14.2. The van der Waals surface area contributed by atoms with Gasteiger partial charge in [-0.1, -0.05) is 20.3 Å². The summed E-state index contributed by atoms with van der Waals surface area (Å²) in [5, 5.41) is -7.96. The van der Waals surface area contributed by atoms with E-state index in [1.54, 1.807) is 4.13 Å². The molecule has 0 aromatic heterocycles. The van der Waals surface area contributed by atoms with Crippen LogP contribution in [0, 0.1) is 23.2 Å². The minimum atomic E-state index is -4.05. The SMILES string of the molecule is CCC1CC2CC(C1)CC(C)(COC(=O)C(F)(F)SNSC(F)(F)C(=O)N1CCCCC1)C2. The number of esters is 1. The quantitative estimate of drug-likeness (QED) is 0.236. The summed E-state index contributed by atoms with van der Waals surface area (Å²) >= 11 is -0.878. The third-order valence-corrected chi connectivity index (χ3v) is 8.68. The molecule has 1 saturated heterocycles. The molecule has 1 N–H and O–H groups in total. The molecule has 1 heterocycles. The van der Waals surface area contributed by atoms with E-state index in [0.29, 0.717) is 30.6 Å². The summed E-state index contributed by atoms with van der Waals surface area (Å²) in [7, 11) is 0. The Morgan fingerprint density at radius 2 is 1.58 bits per heavy atom. The minimum absolute atomic E-state index is 0.109. The molecule has 2 aliphatic carbocycles. The lowest BCUT2D eigenvalue weighted by Crippen LogP contribution is -2.45. The van der Waals surface area contributed by atoms with Gasteiger partial charge in [-0.05, 0) is 69.1 Å². The van der Waals surface area contributed by atoms with Crippen molar-refractivity contribution < 1.29 is 31.9 Å². The zero-order chi connectivity index (χ0) is 24.3. The molecule has 3 fully saturated rings. The maximum atomic E-state index is 14.2. The van der Waals surface area contributed by atoms with Gasteiger partial charge in [0.25, 0.3) is 0 Å². The molecule has 0 radical (unpaired) electrons. The number of rotatable bonds is 9. The van der Waals surface area contributed by atoms with Crippen molar-refractivity contribution in [2.45, 2.75) is 82.1 Å². The van der Waals surface area contributed by atoms with Crippen molar-refractivity contribution in [1.82, 2.24) is 9.03 Å². The molecule has 2 bridgehead atoms. The number of hydrogen-bond acceptors (Lipinski definition) is 6. The van der Waals surface area contributed by atoms with Crippen LogP contribution in [0.15, 0.2) is 0 Å². The molecule has 2 saturated carbocycles. The van der Waals surface area contributed by atoms with Gasteiger partial charge in [0.15, 0.2) is 0 Å². The van der Waals surface area contributed by atoms with Gasteiger partial charge >= 0.3 is 22.4 Å². The highest BCUT2D eigenvalue weighted by Gasteiger charge is 2.48. The lowest BCUT2D eigenvalue weighted by atomic mass is 9.59. The van der Waals surface area contributed by atoms with Crippen LogP contribution in [0.4, 0.5) is 17.6 Å².